The minimum absolute atomic E-state index is 0.0276. The van der Waals surface area contributed by atoms with Crippen LogP contribution >= 0.6 is 0 Å². The first-order valence-electron chi connectivity index (χ1n) is 10.2. The number of carbonyl (C=O) groups excluding carboxylic acids is 1. The van der Waals surface area contributed by atoms with Crippen LogP contribution in [0.15, 0.2) is 47.4 Å². The maximum absolute atomic E-state index is 13.2. The van der Waals surface area contributed by atoms with Crippen LogP contribution in [0.5, 0.6) is 0 Å². The number of aromatic nitrogens is 1. The van der Waals surface area contributed by atoms with Gasteiger partial charge in [0.2, 0.25) is 5.43 Å². The lowest BCUT2D eigenvalue weighted by Gasteiger charge is -2.14. The summed E-state index contributed by atoms with van der Waals surface area (Å²) in [6.45, 7) is 4.45. The molecule has 1 aliphatic heterocycles. The SMILES string of the molecule is CCCc1cc2c3c(c1)c(=O)c(C(=O)NCc1ccc(C)cc1)cn3C(CO)C2. The Labute approximate surface area is 170 Å². The van der Waals surface area contributed by atoms with Crippen molar-refractivity contribution >= 4 is 16.8 Å². The molecule has 29 heavy (non-hydrogen) atoms. The number of aryl methyl sites for hydroxylation is 2. The van der Waals surface area contributed by atoms with Crippen molar-refractivity contribution in [1.29, 1.82) is 0 Å². The third-order valence-electron chi connectivity index (χ3n) is 5.68. The molecule has 0 spiro atoms. The Kier molecular flexibility index (Phi) is 5.24. The van der Waals surface area contributed by atoms with Crippen LogP contribution in [0.2, 0.25) is 0 Å². The van der Waals surface area contributed by atoms with Gasteiger partial charge >= 0.3 is 0 Å². The molecule has 1 amide bonds. The van der Waals surface area contributed by atoms with Crippen LogP contribution in [0.25, 0.3) is 10.9 Å². The Balaban J connectivity index is 1.73. The second kappa shape index (κ2) is 7.84. The van der Waals surface area contributed by atoms with E-state index < -0.39 is 0 Å². The van der Waals surface area contributed by atoms with E-state index >= 15 is 0 Å². The van der Waals surface area contributed by atoms with E-state index in [4.69, 9.17) is 0 Å². The summed E-state index contributed by atoms with van der Waals surface area (Å²) in [4.78, 5) is 26.0. The summed E-state index contributed by atoms with van der Waals surface area (Å²) in [6, 6.07) is 11.8. The number of aliphatic hydroxyl groups excluding tert-OH is 1. The molecule has 2 aromatic carbocycles. The van der Waals surface area contributed by atoms with Crippen LogP contribution in [0.4, 0.5) is 0 Å². The average Bonchev–Trinajstić information content (AvgIpc) is 3.08. The molecule has 0 saturated carbocycles. The van der Waals surface area contributed by atoms with Gasteiger partial charge < -0.3 is 15.0 Å². The zero-order valence-corrected chi connectivity index (χ0v) is 16.9. The fourth-order valence-corrected chi connectivity index (χ4v) is 4.17. The van der Waals surface area contributed by atoms with Gasteiger partial charge in [0.1, 0.15) is 5.56 Å². The minimum Gasteiger partial charge on any atom is -0.394 e. The van der Waals surface area contributed by atoms with Crippen molar-refractivity contribution in [2.24, 2.45) is 0 Å². The smallest absolute Gasteiger partial charge is 0.257 e. The van der Waals surface area contributed by atoms with Gasteiger partial charge in [-0.25, -0.2) is 0 Å². The molecule has 1 aromatic heterocycles. The number of nitrogens with one attached hydrogen (secondary N) is 1. The van der Waals surface area contributed by atoms with E-state index in [9.17, 15) is 14.7 Å². The number of rotatable bonds is 6. The summed E-state index contributed by atoms with van der Waals surface area (Å²) >= 11 is 0. The Morgan fingerprint density at radius 3 is 2.66 bits per heavy atom. The highest BCUT2D eigenvalue weighted by Gasteiger charge is 2.27. The molecule has 150 valence electrons. The third kappa shape index (κ3) is 3.58. The van der Waals surface area contributed by atoms with Crippen LogP contribution in [0.3, 0.4) is 0 Å². The second-order valence-corrected chi connectivity index (χ2v) is 7.89. The number of nitrogens with zero attached hydrogens (tertiary/aromatic N) is 1. The lowest BCUT2D eigenvalue weighted by Crippen LogP contribution is -2.29. The van der Waals surface area contributed by atoms with Crippen molar-refractivity contribution in [3.63, 3.8) is 0 Å². The highest BCUT2D eigenvalue weighted by Crippen LogP contribution is 2.32. The maximum Gasteiger partial charge on any atom is 0.257 e. The number of hydrogen-bond acceptors (Lipinski definition) is 3. The normalized spacial score (nSPS) is 15.1. The van der Waals surface area contributed by atoms with E-state index in [1.165, 1.54) is 0 Å². The molecule has 2 N–H and O–H groups in total. The maximum atomic E-state index is 13.2. The fraction of sp³-hybridized carbons (Fsp3) is 0.333. The fourth-order valence-electron chi connectivity index (χ4n) is 4.17. The lowest BCUT2D eigenvalue weighted by molar-refractivity contribution is 0.0949. The van der Waals surface area contributed by atoms with Crippen molar-refractivity contribution in [3.05, 3.63) is 80.6 Å². The number of benzene rings is 2. The van der Waals surface area contributed by atoms with Gasteiger partial charge in [0.05, 0.1) is 18.2 Å². The van der Waals surface area contributed by atoms with Crippen LogP contribution in [-0.4, -0.2) is 22.2 Å². The first-order chi connectivity index (χ1) is 14.0. The zero-order valence-electron chi connectivity index (χ0n) is 16.9. The molecule has 5 heteroatoms. The summed E-state index contributed by atoms with van der Waals surface area (Å²) in [6.07, 6.45) is 4.17. The van der Waals surface area contributed by atoms with Crippen LogP contribution < -0.4 is 10.7 Å². The molecular formula is C24H26N2O3. The van der Waals surface area contributed by atoms with E-state index in [1.54, 1.807) is 6.20 Å². The van der Waals surface area contributed by atoms with Crippen molar-refractivity contribution in [1.82, 2.24) is 9.88 Å². The van der Waals surface area contributed by atoms with E-state index in [0.29, 0.717) is 18.4 Å². The number of pyridine rings is 1. The Hall–Kier alpha value is -2.92. The van der Waals surface area contributed by atoms with Crippen LogP contribution in [-0.2, 0) is 19.4 Å². The summed E-state index contributed by atoms with van der Waals surface area (Å²) in [5.74, 6) is -0.382. The number of carbonyl (C=O) groups is 1. The molecule has 0 saturated heterocycles. The zero-order chi connectivity index (χ0) is 20.5. The van der Waals surface area contributed by atoms with Gasteiger partial charge in [-0.05, 0) is 42.5 Å². The van der Waals surface area contributed by atoms with Crippen LogP contribution in [0, 0.1) is 6.92 Å². The molecule has 0 radical (unpaired) electrons. The van der Waals surface area contributed by atoms with Gasteiger partial charge in [0.15, 0.2) is 0 Å². The largest absolute Gasteiger partial charge is 0.394 e. The summed E-state index contributed by atoms with van der Waals surface area (Å²) in [5.41, 5.74) is 5.06. The molecule has 1 unspecified atom stereocenters. The van der Waals surface area contributed by atoms with Crippen molar-refractivity contribution < 1.29 is 9.90 Å². The molecule has 2 heterocycles. The predicted molar refractivity (Wildman–Crippen MR) is 114 cm³/mol. The summed E-state index contributed by atoms with van der Waals surface area (Å²) in [7, 11) is 0. The molecule has 1 aliphatic rings. The number of amides is 1. The highest BCUT2D eigenvalue weighted by molar-refractivity contribution is 5.98. The minimum atomic E-state index is -0.382. The van der Waals surface area contributed by atoms with Gasteiger partial charge in [-0.3, -0.25) is 9.59 Å². The highest BCUT2D eigenvalue weighted by atomic mass is 16.3. The van der Waals surface area contributed by atoms with Gasteiger partial charge in [0.25, 0.3) is 5.91 Å². The molecule has 0 bridgehead atoms. The van der Waals surface area contributed by atoms with E-state index in [2.05, 4.69) is 18.3 Å². The number of hydrogen-bond donors (Lipinski definition) is 2. The molecule has 0 aliphatic carbocycles. The Morgan fingerprint density at radius 2 is 1.97 bits per heavy atom. The third-order valence-corrected chi connectivity index (χ3v) is 5.68. The van der Waals surface area contributed by atoms with Crippen LogP contribution in [0.1, 0.15) is 52.0 Å². The quantitative estimate of drug-likeness (QED) is 0.679. The van der Waals surface area contributed by atoms with Gasteiger partial charge in [-0.15, -0.1) is 0 Å². The van der Waals surface area contributed by atoms with Gasteiger partial charge in [0, 0.05) is 18.1 Å². The first-order valence-corrected chi connectivity index (χ1v) is 10.2. The van der Waals surface area contributed by atoms with Crippen molar-refractivity contribution in [3.8, 4) is 0 Å². The number of aliphatic hydroxyl groups is 1. The summed E-state index contributed by atoms with van der Waals surface area (Å²) < 4.78 is 1.91. The van der Waals surface area contributed by atoms with E-state index in [0.717, 1.165) is 40.6 Å². The molecule has 5 nitrogen and oxygen atoms in total. The van der Waals surface area contributed by atoms with Gasteiger partial charge in [-0.1, -0.05) is 49.2 Å². The van der Waals surface area contributed by atoms with E-state index in [-0.39, 0.29) is 29.5 Å². The lowest BCUT2D eigenvalue weighted by atomic mass is 10.00. The van der Waals surface area contributed by atoms with Crippen molar-refractivity contribution in [2.45, 2.75) is 45.7 Å². The molecule has 1 atom stereocenters. The standard InChI is InChI=1S/C24H26N2O3/c1-3-4-17-9-18-11-19(14-27)26-13-21(23(28)20(10-17)22(18)26)24(29)25-12-16-7-5-15(2)6-8-16/h5-10,13,19,27H,3-4,11-12,14H2,1-2H3,(H,25,29). The molecular weight excluding hydrogens is 364 g/mol. The monoisotopic (exact) mass is 390 g/mol. The predicted octanol–water partition coefficient (Wildman–Crippen LogP) is 3.28. The molecule has 4 rings (SSSR count). The average molecular weight is 390 g/mol. The summed E-state index contributed by atoms with van der Waals surface area (Å²) in [5, 5.41) is 13.3. The van der Waals surface area contributed by atoms with E-state index in [1.807, 2.05) is 41.8 Å². The topological polar surface area (TPSA) is 71.3 Å². The Morgan fingerprint density at radius 1 is 1.21 bits per heavy atom. The van der Waals surface area contributed by atoms with Crippen molar-refractivity contribution in [2.75, 3.05) is 6.61 Å². The molecule has 0 fully saturated rings. The molecule has 3 aromatic rings. The first kappa shape index (κ1) is 19.4. The second-order valence-electron chi connectivity index (χ2n) is 7.89. The van der Waals surface area contributed by atoms with Gasteiger partial charge in [-0.2, -0.15) is 0 Å². The Bertz CT molecular complexity index is 1130.